The maximum Gasteiger partial charge on any atom is 0.275 e. The molecule has 4 rings (SSSR count). The molecule has 2 heterocycles. The number of amides is 1. The molecule has 0 fully saturated rings. The first-order chi connectivity index (χ1) is 13.5. The number of hydrogen-bond acceptors (Lipinski definition) is 5. The lowest BCUT2D eigenvalue weighted by Gasteiger charge is -2.05. The van der Waals surface area contributed by atoms with Crippen molar-refractivity contribution < 1.29 is 4.79 Å². The number of nitrogens with zero attached hydrogens (tertiary/aromatic N) is 3. The van der Waals surface area contributed by atoms with Gasteiger partial charge in [-0.3, -0.25) is 9.59 Å². The van der Waals surface area contributed by atoms with Crippen molar-refractivity contribution in [3.8, 4) is 10.6 Å². The molecule has 0 radical (unpaired) electrons. The highest BCUT2D eigenvalue weighted by atomic mass is 32.1. The fraction of sp³-hybridized carbons (Fsp3) is 0.143. The van der Waals surface area contributed by atoms with Crippen LogP contribution in [0.15, 0.2) is 59.4 Å². The average molecular weight is 390 g/mol. The summed E-state index contributed by atoms with van der Waals surface area (Å²) in [6.07, 6.45) is 0. The van der Waals surface area contributed by atoms with Crippen LogP contribution in [0.1, 0.15) is 27.2 Å². The van der Waals surface area contributed by atoms with Gasteiger partial charge in [0.1, 0.15) is 5.01 Å². The van der Waals surface area contributed by atoms with Crippen molar-refractivity contribution in [3.05, 3.63) is 87.3 Å². The first kappa shape index (κ1) is 18.1. The SMILES string of the molecule is Cc1ccc(C(=O)NCc2cc(=O)n3nc(-c4cccc(C)c4)sc3n2)cc1. The van der Waals surface area contributed by atoms with Crippen LogP contribution in [0, 0.1) is 13.8 Å². The quantitative estimate of drug-likeness (QED) is 0.580. The van der Waals surface area contributed by atoms with Gasteiger partial charge in [0.15, 0.2) is 0 Å². The van der Waals surface area contributed by atoms with Crippen LogP contribution >= 0.6 is 11.3 Å². The normalized spacial score (nSPS) is 10.9. The summed E-state index contributed by atoms with van der Waals surface area (Å²) >= 11 is 1.35. The molecule has 0 atom stereocenters. The molecule has 4 aromatic rings. The molecule has 0 aliphatic heterocycles. The van der Waals surface area contributed by atoms with Crippen LogP contribution in [-0.2, 0) is 6.54 Å². The van der Waals surface area contributed by atoms with Gasteiger partial charge in [0.25, 0.3) is 11.5 Å². The zero-order chi connectivity index (χ0) is 19.7. The number of aromatic nitrogens is 3. The fourth-order valence-electron chi connectivity index (χ4n) is 2.82. The summed E-state index contributed by atoms with van der Waals surface area (Å²) in [4.78, 5) is 29.7. The molecule has 2 aromatic heterocycles. The second kappa shape index (κ2) is 7.36. The summed E-state index contributed by atoms with van der Waals surface area (Å²) in [5.41, 5.74) is 3.97. The van der Waals surface area contributed by atoms with E-state index in [2.05, 4.69) is 15.4 Å². The molecule has 28 heavy (non-hydrogen) atoms. The topological polar surface area (TPSA) is 76.4 Å². The van der Waals surface area contributed by atoms with Crippen LogP contribution in [0.2, 0.25) is 0 Å². The van der Waals surface area contributed by atoms with Gasteiger partial charge >= 0.3 is 0 Å². The van der Waals surface area contributed by atoms with Gasteiger partial charge in [-0.2, -0.15) is 9.61 Å². The second-order valence-corrected chi connectivity index (χ2v) is 7.56. The molecule has 6 nitrogen and oxygen atoms in total. The van der Waals surface area contributed by atoms with Crippen LogP contribution in [0.4, 0.5) is 0 Å². The Morgan fingerprint density at radius 1 is 1.07 bits per heavy atom. The first-order valence-corrected chi connectivity index (χ1v) is 9.63. The van der Waals surface area contributed by atoms with E-state index in [1.54, 1.807) is 12.1 Å². The fourth-order valence-corrected chi connectivity index (χ4v) is 3.74. The number of fused-ring (bicyclic) bond motifs is 1. The van der Waals surface area contributed by atoms with Crippen LogP contribution < -0.4 is 10.9 Å². The van der Waals surface area contributed by atoms with Gasteiger partial charge in [-0.15, -0.1) is 0 Å². The lowest BCUT2D eigenvalue weighted by atomic mass is 10.1. The number of nitrogens with one attached hydrogen (secondary N) is 1. The molecule has 0 bridgehead atoms. The molecule has 7 heteroatoms. The van der Waals surface area contributed by atoms with E-state index in [1.807, 2.05) is 50.2 Å². The van der Waals surface area contributed by atoms with E-state index in [4.69, 9.17) is 0 Å². The highest BCUT2D eigenvalue weighted by Crippen LogP contribution is 2.24. The third kappa shape index (κ3) is 3.70. The third-order valence-electron chi connectivity index (χ3n) is 4.31. The molecular formula is C21H18N4O2S. The maximum absolute atomic E-state index is 12.4. The van der Waals surface area contributed by atoms with E-state index in [0.29, 0.717) is 16.2 Å². The van der Waals surface area contributed by atoms with E-state index < -0.39 is 0 Å². The summed E-state index contributed by atoms with van der Waals surface area (Å²) in [6, 6.07) is 16.7. The van der Waals surface area contributed by atoms with Crippen molar-refractivity contribution >= 4 is 22.2 Å². The number of benzene rings is 2. The van der Waals surface area contributed by atoms with Gasteiger partial charge in [0.05, 0.1) is 12.2 Å². The minimum Gasteiger partial charge on any atom is -0.346 e. The molecule has 1 N–H and O–H groups in total. The third-order valence-corrected chi connectivity index (χ3v) is 5.26. The van der Waals surface area contributed by atoms with Crippen molar-refractivity contribution in [1.29, 1.82) is 0 Å². The molecule has 1 amide bonds. The molecule has 0 saturated carbocycles. The van der Waals surface area contributed by atoms with Crippen molar-refractivity contribution in [2.45, 2.75) is 20.4 Å². The van der Waals surface area contributed by atoms with Crippen LogP contribution in [0.3, 0.4) is 0 Å². The van der Waals surface area contributed by atoms with Gasteiger partial charge in [0, 0.05) is 17.2 Å². The van der Waals surface area contributed by atoms with E-state index >= 15 is 0 Å². The number of hydrogen-bond donors (Lipinski definition) is 1. The first-order valence-electron chi connectivity index (χ1n) is 8.81. The summed E-state index contributed by atoms with van der Waals surface area (Å²) < 4.78 is 1.30. The van der Waals surface area contributed by atoms with Crippen LogP contribution in [0.5, 0.6) is 0 Å². The molecule has 0 aliphatic carbocycles. The molecular weight excluding hydrogens is 372 g/mol. The lowest BCUT2D eigenvalue weighted by molar-refractivity contribution is 0.0950. The summed E-state index contributed by atoms with van der Waals surface area (Å²) in [5.74, 6) is -0.202. The van der Waals surface area contributed by atoms with Crippen LogP contribution in [-0.4, -0.2) is 20.5 Å². The van der Waals surface area contributed by atoms with E-state index in [9.17, 15) is 9.59 Å². The van der Waals surface area contributed by atoms with Gasteiger partial charge in [-0.1, -0.05) is 52.8 Å². The van der Waals surface area contributed by atoms with Crippen molar-refractivity contribution in [2.24, 2.45) is 0 Å². The Labute approximate surface area is 165 Å². The smallest absolute Gasteiger partial charge is 0.275 e. The van der Waals surface area contributed by atoms with E-state index in [0.717, 1.165) is 21.7 Å². The molecule has 0 saturated heterocycles. The summed E-state index contributed by atoms with van der Waals surface area (Å²) in [7, 11) is 0. The molecule has 140 valence electrons. The number of rotatable bonds is 4. The lowest BCUT2D eigenvalue weighted by Crippen LogP contribution is -2.25. The molecule has 0 spiro atoms. The average Bonchev–Trinajstić information content (AvgIpc) is 3.11. The molecule has 0 aliphatic rings. The molecule has 0 unspecified atom stereocenters. The van der Waals surface area contributed by atoms with Crippen molar-refractivity contribution in [3.63, 3.8) is 0 Å². The monoisotopic (exact) mass is 390 g/mol. The Bertz CT molecular complexity index is 1230. The Morgan fingerprint density at radius 2 is 1.86 bits per heavy atom. The summed E-state index contributed by atoms with van der Waals surface area (Å²) in [6.45, 7) is 4.15. The highest BCUT2D eigenvalue weighted by Gasteiger charge is 2.12. The number of carbonyl (C=O) groups excluding carboxylic acids is 1. The zero-order valence-corrected chi connectivity index (χ0v) is 16.3. The van der Waals surface area contributed by atoms with Gasteiger partial charge in [-0.05, 0) is 32.0 Å². The Balaban J connectivity index is 1.58. The maximum atomic E-state index is 12.4. The predicted octanol–water partition coefficient (Wildman–Crippen LogP) is 3.36. The van der Waals surface area contributed by atoms with Gasteiger partial charge < -0.3 is 5.32 Å². The van der Waals surface area contributed by atoms with Crippen LogP contribution in [0.25, 0.3) is 15.5 Å². The van der Waals surface area contributed by atoms with E-state index in [1.165, 1.54) is 21.9 Å². The number of carbonyl (C=O) groups is 1. The Kier molecular flexibility index (Phi) is 4.75. The Hall–Kier alpha value is -3.32. The highest BCUT2D eigenvalue weighted by molar-refractivity contribution is 7.19. The second-order valence-electron chi connectivity index (χ2n) is 6.61. The molecule has 2 aromatic carbocycles. The standard InChI is InChI=1S/C21H18N4O2S/c1-13-6-8-15(9-7-13)19(27)22-12-17-11-18(26)25-21(23-17)28-20(24-25)16-5-3-4-14(2)10-16/h3-11H,12H2,1-2H3,(H,22,27). The van der Waals surface area contributed by atoms with Gasteiger partial charge in [-0.25, -0.2) is 4.98 Å². The largest absolute Gasteiger partial charge is 0.346 e. The van der Waals surface area contributed by atoms with E-state index in [-0.39, 0.29) is 18.0 Å². The predicted molar refractivity (Wildman–Crippen MR) is 110 cm³/mol. The summed E-state index contributed by atoms with van der Waals surface area (Å²) in [5, 5.41) is 7.93. The Morgan fingerprint density at radius 3 is 2.61 bits per heavy atom. The minimum absolute atomic E-state index is 0.177. The van der Waals surface area contributed by atoms with Gasteiger partial charge in [0.2, 0.25) is 4.96 Å². The van der Waals surface area contributed by atoms with Crippen molar-refractivity contribution in [1.82, 2.24) is 19.9 Å². The zero-order valence-electron chi connectivity index (χ0n) is 15.5. The number of aryl methyl sites for hydroxylation is 2. The van der Waals surface area contributed by atoms with Crippen molar-refractivity contribution in [2.75, 3.05) is 0 Å². The minimum atomic E-state index is -0.264.